The van der Waals surface area contributed by atoms with Crippen LogP contribution < -0.4 is 10.1 Å². The van der Waals surface area contributed by atoms with Crippen molar-refractivity contribution in [2.75, 3.05) is 20.2 Å². The fraction of sp³-hybridized carbons (Fsp3) is 0.429. The van der Waals surface area contributed by atoms with Crippen LogP contribution in [0.5, 0.6) is 5.75 Å². The third-order valence-electron chi connectivity index (χ3n) is 3.11. The third-order valence-corrected chi connectivity index (χ3v) is 3.11. The van der Waals surface area contributed by atoms with Crippen LogP contribution in [-0.2, 0) is 9.59 Å². The molecule has 1 aromatic carbocycles. The Hall–Kier alpha value is -1.88. The van der Waals surface area contributed by atoms with E-state index in [-0.39, 0.29) is 24.3 Å². The highest BCUT2D eigenvalue weighted by molar-refractivity contribution is 6.05. The molecule has 0 radical (unpaired) electrons. The number of benzene rings is 1. The molecule has 0 spiro atoms. The molecule has 1 N–H and O–H groups in total. The topological polar surface area (TPSA) is 58.6 Å². The normalized spacial score (nSPS) is 19.0. The lowest BCUT2D eigenvalue weighted by Crippen LogP contribution is -2.37. The molecule has 0 bridgehead atoms. The van der Waals surface area contributed by atoms with Gasteiger partial charge in [0.15, 0.2) is 0 Å². The molecule has 102 valence electrons. The Morgan fingerprint density at radius 1 is 1.32 bits per heavy atom. The molecule has 1 aliphatic rings. The van der Waals surface area contributed by atoms with Gasteiger partial charge in [0.25, 0.3) is 0 Å². The number of carbonyl (C=O) groups is 2. The van der Waals surface area contributed by atoms with Crippen molar-refractivity contribution in [1.82, 2.24) is 10.2 Å². The van der Waals surface area contributed by atoms with E-state index < -0.39 is 0 Å². The van der Waals surface area contributed by atoms with E-state index >= 15 is 0 Å². The first-order chi connectivity index (χ1) is 9.18. The summed E-state index contributed by atoms with van der Waals surface area (Å²) in [4.78, 5) is 24.1. The van der Waals surface area contributed by atoms with Crippen LogP contribution in [0.25, 0.3) is 0 Å². The number of likely N-dealkylation sites (tertiary alicyclic amines) is 1. The molecule has 19 heavy (non-hydrogen) atoms. The van der Waals surface area contributed by atoms with Gasteiger partial charge in [-0.2, -0.15) is 0 Å². The Labute approximate surface area is 112 Å². The quantitative estimate of drug-likeness (QED) is 0.608. The third kappa shape index (κ3) is 3.54. The van der Waals surface area contributed by atoms with E-state index in [1.807, 2.05) is 30.3 Å². The molecule has 0 saturated carbocycles. The maximum absolute atomic E-state index is 11.6. The molecule has 5 heteroatoms. The van der Waals surface area contributed by atoms with Crippen molar-refractivity contribution < 1.29 is 14.3 Å². The van der Waals surface area contributed by atoms with E-state index in [0.29, 0.717) is 13.2 Å². The molecule has 2 rings (SSSR count). The average Bonchev–Trinajstić information content (AvgIpc) is 2.67. The number of hydrogen-bond acceptors (Lipinski definition) is 4. The van der Waals surface area contributed by atoms with Gasteiger partial charge >= 0.3 is 0 Å². The van der Waals surface area contributed by atoms with Crippen molar-refractivity contribution in [3.8, 4) is 5.75 Å². The second-order valence-electron chi connectivity index (χ2n) is 4.52. The average molecular weight is 262 g/mol. The number of amides is 2. The van der Waals surface area contributed by atoms with Crippen LogP contribution in [-0.4, -0.2) is 43.0 Å². The molecule has 1 aliphatic heterocycles. The van der Waals surface area contributed by atoms with E-state index in [2.05, 4.69) is 5.32 Å². The minimum Gasteiger partial charge on any atom is -0.494 e. The molecule has 1 aromatic rings. The van der Waals surface area contributed by atoms with E-state index in [1.54, 1.807) is 0 Å². The Kier molecular flexibility index (Phi) is 4.52. The van der Waals surface area contributed by atoms with Gasteiger partial charge in [0.1, 0.15) is 5.75 Å². The summed E-state index contributed by atoms with van der Waals surface area (Å²) in [6, 6.07) is 9.23. The summed E-state index contributed by atoms with van der Waals surface area (Å²) in [5, 5.41) is 3.09. The van der Waals surface area contributed by atoms with Gasteiger partial charge in [0.2, 0.25) is 11.8 Å². The number of carbonyl (C=O) groups excluding carboxylic acids is 2. The smallest absolute Gasteiger partial charge is 0.246 e. The first-order valence-electron chi connectivity index (χ1n) is 6.40. The van der Waals surface area contributed by atoms with Crippen LogP contribution in [0.4, 0.5) is 0 Å². The zero-order valence-electron chi connectivity index (χ0n) is 11.0. The van der Waals surface area contributed by atoms with Crippen LogP contribution in [0.3, 0.4) is 0 Å². The van der Waals surface area contributed by atoms with E-state index in [1.165, 1.54) is 11.9 Å². The predicted octanol–water partition coefficient (Wildman–Crippen LogP) is 0.802. The first kappa shape index (κ1) is 13.5. The second kappa shape index (κ2) is 6.33. The number of nitrogens with one attached hydrogen (secondary N) is 1. The molecule has 2 amide bonds. The highest BCUT2D eigenvalue weighted by Gasteiger charge is 2.35. The molecule has 1 heterocycles. The van der Waals surface area contributed by atoms with Gasteiger partial charge in [-0.15, -0.1) is 0 Å². The summed E-state index contributed by atoms with van der Waals surface area (Å²) in [5.74, 6) is 0.575. The van der Waals surface area contributed by atoms with Gasteiger partial charge in [0, 0.05) is 7.05 Å². The zero-order valence-corrected chi connectivity index (χ0v) is 11.0. The summed E-state index contributed by atoms with van der Waals surface area (Å²) in [7, 11) is 1.52. The number of likely N-dealkylation sites (N-methyl/N-ethyl adjacent to an activating group) is 1. The van der Waals surface area contributed by atoms with Crippen molar-refractivity contribution in [3.05, 3.63) is 30.3 Å². The number of imide groups is 1. The van der Waals surface area contributed by atoms with Crippen LogP contribution in [0.1, 0.15) is 12.8 Å². The maximum Gasteiger partial charge on any atom is 0.246 e. The Bertz CT molecular complexity index is 447. The summed E-state index contributed by atoms with van der Waals surface area (Å²) in [6.07, 6.45) is 1.05. The molecule has 0 aliphatic carbocycles. The van der Waals surface area contributed by atoms with Crippen molar-refractivity contribution in [3.63, 3.8) is 0 Å². The fourth-order valence-electron chi connectivity index (χ4n) is 1.97. The van der Waals surface area contributed by atoms with Gasteiger partial charge < -0.3 is 10.1 Å². The number of para-hydroxylation sites is 1. The first-order valence-corrected chi connectivity index (χ1v) is 6.40. The SMILES string of the molecule is CN1C(=O)CC(NCCCOc2ccccc2)C1=O. The van der Waals surface area contributed by atoms with Gasteiger partial charge in [-0.1, -0.05) is 18.2 Å². The van der Waals surface area contributed by atoms with Gasteiger partial charge in [0.05, 0.1) is 19.1 Å². The molecule has 1 atom stereocenters. The zero-order chi connectivity index (χ0) is 13.7. The van der Waals surface area contributed by atoms with Crippen LogP contribution >= 0.6 is 0 Å². The Morgan fingerprint density at radius 2 is 2.05 bits per heavy atom. The summed E-state index contributed by atoms with van der Waals surface area (Å²) in [5.41, 5.74) is 0. The van der Waals surface area contributed by atoms with Crippen molar-refractivity contribution in [2.24, 2.45) is 0 Å². The van der Waals surface area contributed by atoms with Crippen molar-refractivity contribution in [1.29, 1.82) is 0 Å². The van der Waals surface area contributed by atoms with Crippen molar-refractivity contribution in [2.45, 2.75) is 18.9 Å². The molecular weight excluding hydrogens is 244 g/mol. The van der Waals surface area contributed by atoms with E-state index in [4.69, 9.17) is 4.74 Å². The van der Waals surface area contributed by atoms with Crippen LogP contribution in [0.15, 0.2) is 30.3 Å². The van der Waals surface area contributed by atoms with Crippen LogP contribution in [0.2, 0.25) is 0 Å². The predicted molar refractivity (Wildman–Crippen MR) is 70.7 cm³/mol. The lowest BCUT2D eigenvalue weighted by Gasteiger charge is -2.11. The summed E-state index contributed by atoms with van der Waals surface area (Å²) >= 11 is 0. The minimum atomic E-state index is -0.366. The van der Waals surface area contributed by atoms with E-state index in [9.17, 15) is 9.59 Å². The van der Waals surface area contributed by atoms with E-state index in [0.717, 1.165) is 12.2 Å². The standard InChI is InChI=1S/C14H18N2O3/c1-16-13(17)10-12(14(16)18)15-8-5-9-19-11-6-3-2-4-7-11/h2-4,6-7,12,15H,5,8-10H2,1H3. The minimum absolute atomic E-state index is 0.122. The monoisotopic (exact) mass is 262 g/mol. The lowest BCUT2D eigenvalue weighted by molar-refractivity contribution is -0.137. The molecule has 1 fully saturated rings. The molecule has 1 saturated heterocycles. The second-order valence-corrected chi connectivity index (χ2v) is 4.52. The van der Waals surface area contributed by atoms with Crippen LogP contribution in [0, 0.1) is 0 Å². The molecule has 0 aromatic heterocycles. The lowest BCUT2D eigenvalue weighted by atomic mass is 10.2. The number of nitrogens with zero attached hydrogens (tertiary/aromatic N) is 1. The molecular formula is C14H18N2O3. The highest BCUT2D eigenvalue weighted by atomic mass is 16.5. The molecule has 5 nitrogen and oxygen atoms in total. The largest absolute Gasteiger partial charge is 0.494 e. The van der Waals surface area contributed by atoms with Crippen molar-refractivity contribution >= 4 is 11.8 Å². The number of ether oxygens (including phenoxy) is 1. The number of hydrogen-bond donors (Lipinski definition) is 1. The maximum atomic E-state index is 11.6. The van der Waals surface area contributed by atoms with Gasteiger partial charge in [-0.05, 0) is 25.1 Å². The summed E-state index contributed by atoms with van der Waals surface area (Å²) in [6.45, 7) is 1.24. The Balaban J connectivity index is 1.63. The Morgan fingerprint density at radius 3 is 2.68 bits per heavy atom. The fourth-order valence-corrected chi connectivity index (χ4v) is 1.97. The molecule has 1 unspecified atom stereocenters. The highest BCUT2D eigenvalue weighted by Crippen LogP contribution is 2.11. The number of rotatable bonds is 6. The van der Waals surface area contributed by atoms with Gasteiger partial charge in [-0.25, -0.2) is 0 Å². The summed E-state index contributed by atoms with van der Waals surface area (Å²) < 4.78 is 5.54. The van der Waals surface area contributed by atoms with Gasteiger partial charge in [-0.3, -0.25) is 14.5 Å².